The average molecular weight is 400 g/mol. The second-order valence-corrected chi connectivity index (χ2v) is 8.04. The zero-order valence-corrected chi connectivity index (χ0v) is 17.4. The van der Waals surface area contributed by atoms with Gasteiger partial charge >= 0.3 is 5.97 Å². The van der Waals surface area contributed by atoms with Crippen molar-refractivity contribution in [1.29, 1.82) is 0 Å². The lowest BCUT2D eigenvalue weighted by molar-refractivity contribution is -0.124. The van der Waals surface area contributed by atoms with Crippen LogP contribution in [0.5, 0.6) is 0 Å². The van der Waals surface area contributed by atoms with Gasteiger partial charge in [0.25, 0.3) is 5.91 Å². The highest BCUT2D eigenvalue weighted by atomic mass is 32.1. The molecule has 2 aromatic heterocycles. The highest BCUT2D eigenvalue weighted by Gasteiger charge is 2.18. The standard InChI is InChI=1S/C21H25N3O3S/c1-5-14(3)22-19(25)12-27-21(26)18-10-17-15(4)23-24(20(17)28-18)11-16-8-6-13(2)7-9-16/h6-10,14H,5,11-12H2,1-4H3,(H,22,25). The number of benzene rings is 1. The molecule has 7 heteroatoms. The summed E-state index contributed by atoms with van der Waals surface area (Å²) in [5.41, 5.74) is 3.23. The predicted molar refractivity (Wildman–Crippen MR) is 111 cm³/mol. The van der Waals surface area contributed by atoms with Crippen molar-refractivity contribution in [2.45, 2.75) is 46.7 Å². The summed E-state index contributed by atoms with van der Waals surface area (Å²) >= 11 is 1.34. The first-order chi connectivity index (χ1) is 13.4. The van der Waals surface area contributed by atoms with Crippen molar-refractivity contribution in [3.8, 4) is 0 Å². The molecule has 0 spiro atoms. The van der Waals surface area contributed by atoms with Crippen molar-refractivity contribution in [1.82, 2.24) is 15.1 Å². The maximum absolute atomic E-state index is 12.4. The van der Waals surface area contributed by atoms with Crippen LogP contribution in [0, 0.1) is 13.8 Å². The van der Waals surface area contributed by atoms with Crippen LogP contribution in [-0.4, -0.2) is 34.3 Å². The summed E-state index contributed by atoms with van der Waals surface area (Å²) in [7, 11) is 0. The first-order valence-electron chi connectivity index (χ1n) is 9.36. The first-order valence-corrected chi connectivity index (χ1v) is 10.2. The maximum atomic E-state index is 12.4. The quantitative estimate of drug-likeness (QED) is 0.613. The van der Waals surface area contributed by atoms with Crippen LogP contribution in [-0.2, 0) is 16.1 Å². The minimum atomic E-state index is -0.484. The van der Waals surface area contributed by atoms with Gasteiger partial charge in [-0.25, -0.2) is 4.79 Å². The van der Waals surface area contributed by atoms with Crippen molar-refractivity contribution in [2.24, 2.45) is 0 Å². The molecule has 0 fully saturated rings. The third-order valence-electron chi connectivity index (χ3n) is 4.62. The van der Waals surface area contributed by atoms with Crippen LogP contribution in [0.3, 0.4) is 0 Å². The van der Waals surface area contributed by atoms with E-state index < -0.39 is 5.97 Å². The zero-order chi connectivity index (χ0) is 20.3. The molecule has 2 heterocycles. The molecule has 1 amide bonds. The fraction of sp³-hybridized carbons (Fsp3) is 0.381. The fourth-order valence-corrected chi connectivity index (χ4v) is 3.86. The molecule has 0 aliphatic carbocycles. The SMILES string of the molecule is CCC(C)NC(=O)COC(=O)c1cc2c(C)nn(Cc3ccc(C)cc3)c2s1. The summed E-state index contributed by atoms with van der Waals surface area (Å²) in [6, 6.07) is 10.2. The van der Waals surface area contributed by atoms with Gasteiger partial charge in [0.1, 0.15) is 9.71 Å². The van der Waals surface area contributed by atoms with Crippen molar-refractivity contribution in [3.63, 3.8) is 0 Å². The number of nitrogens with zero attached hydrogens (tertiary/aromatic N) is 2. The minimum absolute atomic E-state index is 0.0611. The van der Waals surface area contributed by atoms with Gasteiger partial charge in [0, 0.05) is 11.4 Å². The molecule has 28 heavy (non-hydrogen) atoms. The van der Waals surface area contributed by atoms with Gasteiger partial charge in [-0.05, 0) is 38.8 Å². The van der Waals surface area contributed by atoms with E-state index in [0.717, 1.165) is 27.9 Å². The van der Waals surface area contributed by atoms with Gasteiger partial charge in [0.2, 0.25) is 0 Å². The first kappa shape index (κ1) is 20.1. The Labute approximate surface area is 168 Å². The molecule has 0 bridgehead atoms. The van der Waals surface area contributed by atoms with Crippen molar-refractivity contribution >= 4 is 33.4 Å². The lowest BCUT2D eigenvalue weighted by Crippen LogP contribution is -2.35. The van der Waals surface area contributed by atoms with Crippen molar-refractivity contribution in [2.75, 3.05) is 6.61 Å². The van der Waals surface area contributed by atoms with E-state index in [1.807, 2.05) is 25.5 Å². The summed E-state index contributed by atoms with van der Waals surface area (Å²) in [5.74, 6) is -0.771. The summed E-state index contributed by atoms with van der Waals surface area (Å²) in [4.78, 5) is 25.6. The molecule has 0 saturated heterocycles. The van der Waals surface area contributed by atoms with Gasteiger partial charge in [-0.15, -0.1) is 11.3 Å². The molecular formula is C21H25N3O3S. The number of aromatic nitrogens is 2. The summed E-state index contributed by atoms with van der Waals surface area (Å²) in [6.45, 7) is 8.24. The fourth-order valence-electron chi connectivity index (χ4n) is 2.81. The van der Waals surface area contributed by atoms with Crippen LogP contribution in [0.15, 0.2) is 30.3 Å². The number of carbonyl (C=O) groups is 2. The van der Waals surface area contributed by atoms with E-state index in [1.54, 1.807) is 6.07 Å². The summed E-state index contributed by atoms with van der Waals surface area (Å²) < 4.78 is 7.08. The summed E-state index contributed by atoms with van der Waals surface area (Å²) in [5, 5.41) is 8.31. The molecule has 1 N–H and O–H groups in total. The van der Waals surface area contributed by atoms with Crippen molar-refractivity contribution in [3.05, 3.63) is 52.0 Å². The Kier molecular flexibility index (Phi) is 6.14. The lowest BCUT2D eigenvalue weighted by Gasteiger charge is -2.11. The number of aryl methyl sites for hydroxylation is 2. The largest absolute Gasteiger partial charge is 0.451 e. The van der Waals surface area contributed by atoms with Gasteiger partial charge in [-0.1, -0.05) is 36.8 Å². The maximum Gasteiger partial charge on any atom is 0.348 e. The van der Waals surface area contributed by atoms with E-state index in [4.69, 9.17) is 4.74 Å². The number of carbonyl (C=O) groups excluding carboxylic acids is 2. The van der Waals surface area contributed by atoms with Gasteiger partial charge in [0.05, 0.1) is 12.2 Å². The molecule has 148 valence electrons. The minimum Gasteiger partial charge on any atom is -0.451 e. The van der Waals surface area contributed by atoms with Crippen LogP contribution in [0.1, 0.15) is 46.8 Å². The van der Waals surface area contributed by atoms with Crippen LogP contribution >= 0.6 is 11.3 Å². The molecule has 1 unspecified atom stereocenters. The highest BCUT2D eigenvalue weighted by Crippen LogP contribution is 2.29. The van der Waals surface area contributed by atoms with Crippen LogP contribution < -0.4 is 5.32 Å². The van der Waals surface area contributed by atoms with E-state index in [-0.39, 0.29) is 18.6 Å². The van der Waals surface area contributed by atoms with Gasteiger partial charge in [0.15, 0.2) is 6.61 Å². The molecule has 0 saturated carbocycles. The number of hydrogen-bond donors (Lipinski definition) is 1. The topological polar surface area (TPSA) is 73.2 Å². The van der Waals surface area contributed by atoms with E-state index >= 15 is 0 Å². The molecule has 6 nitrogen and oxygen atoms in total. The molecule has 0 radical (unpaired) electrons. The number of rotatable bonds is 7. The normalized spacial score (nSPS) is 12.1. The van der Waals surface area contributed by atoms with E-state index in [1.165, 1.54) is 16.9 Å². The van der Waals surface area contributed by atoms with Gasteiger partial charge < -0.3 is 10.1 Å². The van der Waals surface area contributed by atoms with Crippen LogP contribution in [0.4, 0.5) is 0 Å². The van der Waals surface area contributed by atoms with Gasteiger partial charge in [-0.3, -0.25) is 9.48 Å². The second kappa shape index (κ2) is 8.56. The Hall–Kier alpha value is -2.67. The number of nitrogens with one attached hydrogen (secondary N) is 1. The van der Waals surface area contributed by atoms with E-state index in [0.29, 0.717) is 11.4 Å². The van der Waals surface area contributed by atoms with Crippen molar-refractivity contribution < 1.29 is 14.3 Å². The summed E-state index contributed by atoms with van der Waals surface area (Å²) in [6.07, 6.45) is 0.826. The number of amides is 1. The molecular weight excluding hydrogens is 374 g/mol. The van der Waals surface area contributed by atoms with E-state index in [9.17, 15) is 9.59 Å². The monoisotopic (exact) mass is 399 g/mol. The number of fused-ring (bicyclic) bond motifs is 1. The Morgan fingerprint density at radius 2 is 1.96 bits per heavy atom. The molecule has 0 aliphatic rings. The zero-order valence-electron chi connectivity index (χ0n) is 16.6. The predicted octanol–water partition coefficient (Wildman–Crippen LogP) is 3.83. The lowest BCUT2D eigenvalue weighted by atomic mass is 10.1. The third-order valence-corrected chi connectivity index (χ3v) is 5.74. The average Bonchev–Trinajstić information content (AvgIpc) is 3.23. The van der Waals surface area contributed by atoms with Crippen LogP contribution in [0.25, 0.3) is 10.2 Å². The molecule has 0 aliphatic heterocycles. The Morgan fingerprint density at radius 1 is 1.25 bits per heavy atom. The Balaban J connectivity index is 1.72. The molecule has 3 rings (SSSR count). The number of esters is 1. The van der Waals surface area contributed by atoms with E-state index in [2.05, 4.69) is 41.6 Å². The number of ether oxygens (including phenoxy) is 1. The number of thiophene rings is 1. The van der Waals surface area contributed by atoms with Crippen LogP contribution in [0.2, 0.25) is 0 Å². The highest BCUT2D eigenvalue weighted by molar-refractivity contribution is 7.20. The molecule has 1 aromatic carbocycles. The van der Waals surface area contributed by atoms with Gasteiger partial charge in [-0.2, -0.15) is 5.10 Å². The Morgan fingerprint density at radius 3 is 2.64 bits per heavy atom. The smallest absolute Gasteiger partial charge is 0.348 e. The second-order valence-electron chi connectivity index (χ2n) is 7.01. The third kappa shape index (κ3) is 4.59. The molecule has 1 atom stereocenters. The molecule has 3 aromatic rings. The number of hydrogen-bond acceptors (Lipinski definition) is 5. The Bertz CT molecular complexity index is 988.